The smallest absolute Gasteiger partial charge is 0.232 e. The summed E-state index contributed by atoms with van der Waals surface area (Å²) in [5.41, 5.74) is 1.14. The van der Waals surface area contributed by atoms with Crippen molar-refractivity contribution in [1.29, 1.82) is 0 Å². The first-order valence-electron chi connectivity index (χ1n) is 5.99. The molecule has 1 aromatic carbocycles. The Bertz CT molecular complexity index is 408. The van der Waals surface area contributed by atoms with Crippen LogP contribution in [0.25, 0.3) is 0 Å². The van der Waals surface area contributed by atoms with Crippen LogP contribution in [0.2, 0.25) is 5.02 Å². The number of benzene rings is 1. The largest absolute Gasteiger partial charge is 0.395 e. The highest BCUT2D eigenvalue weighted by atomic mass is 35.5. The molecule has 1 aromatic rings. The molecular weight excluding hydrogens is 282 g/mol. The molecule has 0 heterocycles. The van der Waals surface area contributed by atoms with Crippen LogP contribution >= 0.6 is 23.4 Å². The Morgan fingerprint density at radius 2 is 2.11 bits per heavy atom. The zero-order chi connectivity index (χ0) is 14.1. The number of thioether (sulfide) groups is 1. The number of carbonyl (C=O) groups excluding carboxylic acids is 1. The predicted molar refractivity (Wildman–Crippen MR) is 81.5 cm³/mol. The number of aliphatic hydroxyl groups excluding tert-OH is 1. The molecule has 19 heavy (non-hydrogen) atoms. The summed E-state index contributed by atoms with van der Waals surface area (Å²) in [5, 5.41) is 9.61. The summed E-state index contributed by atoms with van der Waals surface area (Å²) in [5.74, 6) is 1.19. The van der Waals surface area contributed by atoms with E-state index in [4.69, 9.17) is 16.7 Å². The maximum absolute atomic E-state index is 11.9. The minimum absolute atomic E-state index is 0.0212. The molecule has 5 heteroatoms. The van der Waals surface area contributed by atoms with Crippen LogP contribution in [0.5, 0.6) is 0 Å². The third-order valence-corrected chi connectivity index (χ3v) is 3.72. The van der Waals surface area contributed by atoms with Gasteiger partial charge < -0.3 is 10.0 Å². The Hall–Kier alpha value is -0.970. The summed E-state index contributed by atoms with van der Waals surface area (Å²) in [4.78, 5) is 13.5. The van der Waals surface area contributed by atoms with Crippen molar-refractivity contribution in [2.45, 2.75) is 5.75 Å². The summed E-state index contributed by atoms with van der Waals surface area (Å²) in [6.45, 7) is 4.41. The van der Waals surface area contributed by atoms with Gasteiger partial charge in [-0.25, -0.2) is 0 Å². The molecule has 104 valence electrons. The van der Waals surface area contributed by atoms with Crippen molar-refractivity contribution >= 4 is 29.3 Å². The van der Waals surface area contributed by atoms with Gasteiger partial charge in [0, 0.05) is 23.9 Å². The molecule has 0 aromatic heterocycles. The quantitative estimate of drug-likeness (QED) is 0.750. The summed E-state index contributed by atoms with van der Waals surface area (Å²) in [6, 6.07) is 7.59. The molecular formula is C14H18ClNO2S. The number of hydrogen-bond acceptors (Lipinski definition) is 3. The minimum atomic E-state index is -0.0264. The summed E-state index contributed by atoms with van der Waals surface area (Å²) < 4.78 is 0. The topological polar surface area (TPSA) is 40.5 Å². The molecule has 1 rings (SSSR count). The average Bonchev–Trinajstić information content (AvgIpc) is 2.40. The van der Waals surface area contributed by atoms with Crippen molar-refractivity contribution in [2.75, 3.05) is 25.4 Å². The number of rotatable bonds is 8. The van der Waals surface area contributed by atoms with E-state index in [9.17, 15) is 4.79 Å². The van der Waals surface area contributed by atoms with Crippen molar-refractivity contribution in [3.8, 4) is 0 Å². The molecule has 0 fully saturated rings. The second-order valence-corrected chi connectivity index (χ2v) is 5.39. The molecule has 0 saturated heterocycles. The second kappa shape index (κ2) is 9.02. The van der Waals surface area contributed by atoms with Crippen molar-refractivity contribution in [3.63, 3.8) is 0 Å². The molecule has 0 aliphatic heterocycles. The summed E-state index contributed by atoms with van der Waals surface area (Å²) in [7, 11) is 0. The van der Waals surface area contributed by atoms with Crippen LogP contribution in [0.3, 0.4) is 0 Å². The van der Waals surface area contributed by atoms with Crippen LogP contribution < -0.4 is 0 Å². The van der Waals surface area contributed by atoms with Gasteiger partial charge in [-0.1, -0.05) is 29.8 Å². The van der Waals surface area contributed by atoms with Crippen molar-refractivity contribution in [3.05, 3.63) is 47.5 Å². The fraction of sp³-hybridized carbons (Fsp3) is 0.357. The molecule has 0 bridgehead atoms. The van der Waals surface area contributed by atoms with Gasteiger partial charge >= 0.3 is 0 Å². The van der Waals surface area contributed by atoms with Gasteiger partial charge in [-0.05, 0) is 17.7 Å². The molecule has 1 amide bonds. The Morgan fingerprint density at radius 3 is 2.68 bits per heavy atom. The van der Waals surface area contributed by atoms with Gasteiger partial charge in [0.15, 0.2) is 0 Å². The maximum atomic E-state index is 11.9. The van der Waals surface area contributed by atoms with Gasteiger partial charge in [-0.15, -0.1) is 18.3 Å². The van der Waals surface area contributed by atoms with E-state index >= 15 is 0 Å². The normalized spacial score (nSPS) is 10.2. The van der Waals surface area contributed by atoms with Crippen LogP contribution in [0.1, 0.15) is 5.56 Å². The number of carbonyl (C=O) groups is 1. The monoisotopic (exact) mass is 299 g/mol. The molecule has 1 N–H and O–H groups in total. The first-order chi connectivity index (χ1) is 9.17. The van der Waals surface area contributed by atoms with Gasteiger partial charge in [-0.2, -0.15) is 0 Å². The van der Waals surface area contributed by atoms with Crippen LogP contribution in [-0.4, -0.2) is 41.4 Å². The van der Waals surface area contributed by atoms with Gasteiger partial charge in [-0.3, -0.25) is 4.79 Å². The zero-order valence-electron chi connectivity index (χ0n) is 10.7. The van der Waals surface area contributed by atoms with Crippen molar-refractivity contribution < 1.29 is 9.90 Å². The van der Waals surface area contributed by atoms with Crippen molar-refractivity contribution in [2.24, 2.45) is 0 Å². The number of halogens is 1. The van der Waals surface area contributed by atoms with E-state index < -0.39 is 0 Å². The molecule has 3 nitrogen and oxygen atoms in total. The van der Waals surface area contributed by atoms with E-state index in [2.05, 4.69) is 6.58 Å². The highest BCUT2D eigenvalue weighted by Crippen LogP contribution is 2.15. The lowest BCUT2D eigenvalue weighted by Crippen LogP contribution is -2.35. The number of aliphatic hydroxyl groups is 1. The SMILES string of the molecule is C=CCN(CCO)C(=O)CSCc1ccc(Cl)cc1. The maximum Gasteiger partial charge on any atom is 0.232 e. The highest BCUT2D eigenvalue weighted by molar-refractivity contribution is 7.99. The van der Waals surface area contributed by atoms with Gasteiger partial charge in [0.2, 0.25) is 5.91 Å². The van der Waals surface area contributed by atoms with Crippen LogP contribution in [0.15, 0.2) is 36.9 Å². The first kappa shape index (κ1) is 16.1. The van der Waals surface area contributed by atoms with Gasteiger partial charge in [0.1, 0.15) is 0 Å². The second-order valence-electron chi connectivity index (χ2n) is 3.97. The van der Waals surface area contributed by atoms with E-state index in [-0.39, 0.29) is 12.5 Å². The van der Waals surface area contributed by atoms with E-state index in [1.54, 1.807) is 22.7 Å². The molecule has 0 aliphatic rings. The Balaban J connectivity index is 2.36. The first-order valence-corrected chi connectivity index (χ1v) is 7.52. The van der Waals surface area contributed by atoms with Gasteiger partial charge in [0.25, 0.3) is 0 Å². The standard InChI is InChI=1S/C14H18ClNO2S/c1-2-7-16(8-9-17)14(18)11-19-10-12-3-5-13(15)6-4-12/h2-6,17H,1,7-11H2. The molecule has 0 radical (unpaired) electrons. The third kappa shape index (κ3) is 6.14. The van der Waals surface area contributed by atoms with Crippen LogP contribution in [-0.2, 0) is 10.5 Å². The molecule has 0 spiro atoms. The zero-order valence-corrected chi connectivity index (χ0v) is 12.3. The Kier molecular flexibility index (Phi) is 7.63. The number of hydrogen-bond donors (Lipinski definition) is 1. The van der Waals surface area contributed by atoms with Gasteiger partial charge in [0.05, 0.1) is 12.4 Å². The lowest BCUT2D eigenvalue weighted by molar-refractivity contribution is -0.128. The number of amides is 1. The summed E-state index contributed by atoms with van der Waals surface area (Å²) >= 11 is 7.36. The van der Waals surface area contributed by atoms with E-state index in [0.29, 0.717) is 23.9 Å². The Morgan fingerprint density at radius 1 is 1.42 bits per heavy atom. The van der Waals surface area contributed by atoms with Crippen molar-refractivity contribution in [1.82, 2.24) is 4.90 Å². The average molecular weight is 300 g/mol. The fourth-order valence-corrected chi connectivity index (χ4v) is 2.54. The predicted octanol–water partition coefficient (Wildman–Crippen LogP) is 2.58. The third-order valence-electron chi connectivity index (χ3n) is 2.48. The lowest BCUT2D eigenvalue weighted by Gasteiger charge is -2.19. The van der Waals surface area contributed by atoms with Crippen LogP contribution in [0.4, 0.5) is 0 Å². The van der Waals surface area contributed by atoms with E-state index in [0.717, 1.165) is 11.3 Å². The minimum Gasteiger partial charge on any atom is -0.395 e. The molecule has 0 atom stereocenters. The molecule has 0 unspecified atom stereocenters. The highest BCUT2D eigenvalue weighted by Gasteiger charge is 2.11. The number of nitrogens with zero attached hydrogens (tertiary/aromatic N) is 1. The van der Waals surface area contributed by atoms with E-state index in [1.165, 1.54) is 0 Å². The lowest BCUT2D eigenvalue weighted by atomic mass is 10.2. The Labute approximate surface area is 123 Å². The summed E-state index contributed by atoms with van der Waals surface area (Å²) in [6.07, 6.45) is 1.66. The molecule has 0 saturated carbocycles. The van der Waals surface area contributed by atoms with Crippen LogP contribution in [0, 0.1) is 0 Å². The van der Waals surface area contributed by atoms with E-state index in [1.807, 2.05) is 24.3 Å². The molecule has 0 aliphatic carbocycles. The fourth-order valence-electron chi connectivity index (χ4n) is 1.52.